The summed E-state index contributed by atoms with van der Waals surface area (Å²) < 4.78 is 0. The maximum atomic E-state index is 4.59. The van der Waals surface area contributed by atoms with E-state index in [4.69, 9.17) is 0 Å². The Morgan fingerprint density at radius 3 is 3.10 bits per heavy atom. The van der Waals surface area contributed by atoms with E-state index in [1.165, 1.54) is 35.9 Å². The first-order valence-corrected chi connectivity index (χ1v) is 8.34. The third kappa shape index (κ3) is 2.29. The Bertz CT molecular complexity index is 619. The Labute approximate surface area is 123 Å². The molecule has 0 aromatic carbocycles. The van der Waals surface area contributed by atoms with Gasteiger partial charge < -0.3 is 10.2 Å². The predicted molar refractivity (Wildman–Crippen MR) is 83.5 cm³/mol. The lowest BCUT2D eigenvalue weighted by Crippen LogP contribution is -2.39. The molecule has 0 radical (unpaired) electrons. The highest BCUT2D eigenvalue weighted by molar-refractivity contribution is 7.18. The second-order valence-electron chi connectivity index (χ2n) is 5.95. The molecule has 1 saturated heterocycles. The van der Waals surface area contributed by atoms with E-state index < -0.39 is 0 Å². The Kier molecular flexibility index (Phi) is 3.11. The van der Waals surface area contributed by atoms with Gasteiger partial charge >= 0.3 is 0 Å². The standard InChI is InChI=1S/C15H20N4S/c1-10-7-13-14(17-9-18-15(13)20-10)19-6-2-3-12(19)8-16-11-4-5-11/h7,9,11-12,16H,2-6,8H2,1H3. The van der Waals surface area contributed by atoms with Gasteiger partial charge in [-0.2, -0.15) is 0 Å². The van der Waals surface area contributed by atoms with Crippen LogP contribution in [0.4, 0.5) is 5.82 Å². The fraction of sp³-hybridized carbons (Fsp3) is 0.600. The largest absolute Gasteiger partial charge is 0.352 e. The summed E-state index contributed by atoms with van der Waals surface area (Å²) in [5.74, 6) is 1.14. The van der Waals surface area contributed by atoms with Crippen molar-refractivity contribution in [2.75, 3.05) is 18.0 Å². The number of nitrogens with zero attached hydrogens (tertiary/aromatic N) is 3. The van der Waals surface area contributed by atoms with E-state index in [-0.39, 0.29) is 0 Å². The lowest BCUT2D eigenvalue weighted by atomic mass is 10.2. The van der Waals surface area contributed by atoms with Crippen LogP contribution < -0.4 is 10.2 Å². The van der Waals surface area contributed by atoms with Gasteiger partial charge in [0.15, 0.2) is 0 Å². The van der Waals surface area contributed by atoms with Gasteiger partial charge in [0, 0.05) is 30.1 Å². The van der Waals surface area contributed by atoms with Crippen LogP contribution in [0.15, 0.2) is 12.4 Å². The summed E-state index contributed by atoms with van der Waals surface area (Å²) in [4.78, 5) is 13.9. The smallest absolute Gasteiger partial charge is 0.141 e. The second kappa shape index (κ2) is 4.97. The molecule has 1 aliphatic heterocycles. The van der Waals surface area contributed by atoms with Crippen molar-refractivity contribution in [2.24, 2.45) is 0 Å². The average Bonchev–Trinajstić information content (AvgIpc) is 3.01. The van der Waals surface area contributed by atoms with E-state index in [0.29, 0.717) is 6.04 Å². The second-order valence-corrected chi connectivity index (χ2v) is 7.18. The van der Waals surface area contributed by atoms with Gasteiger partial charge in [0.1, 0.15) is 17.0 Å². The van der Waals surface area contributed by atoms with Gasteiger partial charge in [-0.05, 0) is 38.7 Å². The molecule has 2 aromatic heterocycles. The number of hydrogen-bond acceptors (Lipinski definition) is 5. The molecule has 5 heteroatoms. The van der Waals surface area contributed by atoms with E-state index in [1.807, 2.05) is 0 Å². The summed E-state index contributed by atoms with van der Waals surface area (Å²) in [6, 6.07) is 3.61. The summed E-state index contributed by atoms with van der Waals surface area (Å²) in [6.07, 6.45) is 6.97. The monoisotopic (exact) mass is 288 g/mol. The minimum Gasteiger partial charge on any atom is -0.352 e. The minimum atomic E-state index is 0.592. The Balaban J connectivity index is 1.62. The molecule has 0 amide bonds. The predicted octanol–water partition coefficient (Wildman–Crippen LogP) is 2.72. The topological polar surface area (TPSA) is 41.0 Å². The Morgan fingerprint density at radius 2 is 2.25 bits per heavy atom. The van der Waals surface area contributed by atoms with Gasteiger partial charge in [-0.15, -0.1) is 11.3 Å². The van der Waals surface area contributed by atoms with E-state index >= 15 is 0 Å². The van der Waals surface area contributed by atoms with Crippen LogP contribution in [-0.2, 0) is 0 Å². The minimum absolute atomic E-state index is 0.592. The van der Waals surface area contributed by atoms with Crippen molar-refractivity contribution in [2.45, 2.75) is 44.7 Å². The molecule has 1 unspecified atom stereocenters. The molecule has 2 aliphatic rings. The lowest BCUT2D eigenvalue weighted by molar-refractivity contribution is 0.569. The van der Waals surface area contributed by atoms with Gasteiger partial charge in [0.25, 0.3) is 0 Å². The van der Waals surface area contributed by atoms with Crippen LogP contribution in [0.2, 0.25) is 0 Å². The number of anilines is 1. The van der Waals surface area contributed by atoms with E-state index in [9.17, 15) is 0 Å². The summed E-state index contributed by atoms with van der Waals surface area (Å²) in [5.41, 5.74) is 0. The van der Waals surface area contributed by atoms with Crippen LogP contribution >= 0.6 is 11.3 Å². The van der Waals surface area contributed by atoms with Crippen molar-refractivity contribution in [1.29, 1.82) is 0 Å². The highest BCUT2D eigenvalue weighted by Crippen LogP contribution is 2.33. The van der Waals surface area contributed by atoms with Crippen LogP contribution in [0.25, 0.3) is 10.2 Å². The van der Waals surface area contributed by atoms with E-state index in [1.54, 1.807) is 17.7 Å². The number of hydrogen-bond donors (Lipinski definition) is 1. The molecule has 20 heavy (non-hydrogen) atoms. The van der Waals surface area contributed by atoms with Crippen LogP contribution in [0.5, 0.6) is 0 Å². The van der Waals surface area contributed by atoms with E-state index in [2.05, 4.69) is 33.2 Å². The molecule has 2 aromatic rings. The molecule has 1 saturated carbocycles. The molecule has 1 atom stereocenters. The molecule has 4 nitrogen and oxygen atoms in total. The van der Waals surface area contributed by atoms with Crippen LogP contribution in [-0.4, -0.2) is 35.1 Å². The zero-order chi connectivity index (χ0) is 13.5. The lowest BCUT2D eigenvalue weighted by Gasteiger charge is -2.26. The van der Waals surface area contributed by atoms with Gasteiger partial charge in [-0.25, -0.2) is 9.97 Å². The maximum Gasteiger partial charge on any atom is 0.141 e. The number of aryl methyl sites for hydroxylation is 1. The molecule has 106 valence electrons. The Morgan fingerprint density at radius 1 is 1.35 bits per heavy atom. The average molecular weight is 288 g/mol. The first-order valence-electron chi connectivity index (χ1n) is 7.52. The van der Waals surface area contributed by atoms with Crippen LogP contribution in [0.1, 0.15) is 30.6 Å². The zero-order valence-corrected chi connectivity index (χ0v) is 12.6. The normalized spacial score (nSPS) is 22.9. The third-order valence-electron chi connectivity index (χ3n) is 4.30. The molecule has 1 aliphatic carbocycles. The quantitative estimate of drug-likeness (QED) is 0.939. The fourth-order valence-electron chi connectivity index (χ4n) is 3.11. The fourth-order valence-corrected chi connectivity index (χ4v) is 3.95. The third-order valence-corrected chi connectivity index (χ3v) is 5.26. The Hall–Kier alpha value is -1.20. The molecular weight excluding hydrogens is 268 g/mol. The summed E-state index contributed by atoms with van der Waals surface area (Å²) in [7, 11) is 0. The summed E-state index contributed by atoms with van der Waals surface area (Å²) >= 11 is 1.76. The first kappa shape index (κ1) is 12.5. The van der Waals surface area contributed by atoms with Crippen molar-refractivity contribution in [3.63, 3.8) is 0 Å². The first-order chi connectivity index (χ1) is 9.81. The van der Waals surface area contributed by atoms with Gasteiger partial charge in [-0.3, -0.25) is 0 Å². The number of fused-ring (bicyclic) bond motifs is 1. The molecule has 4 rings (SSSR count). The number of thiophene rings is 1. The number of nitrogens with one attached hydrogen (secondary N) is 1. The summed E-state index contributed by atoms with van der Waals surface area (Å²) in [6.45, 7) is 4.36. The molecular formula is C15H20N4S. The van der Waals surface area contributed by atoms with Gasteiger partial charge in [0.05, 0.1) is 5.39 Å². The van der Waals surface area contributed by atoms with E-state index in [0.717, 1.165) is 29.8 Å². The van der Waals surface area contributed by atoms with Crippen molar-refractivity contribution < 1.29 is 0 Å². The van der Waals surface area contributed by atoms with Gasteiger partial charge in [0.2, 0.25) is 0 Å². The zero-order valence-electron chi connectivity index (χ0n) is 11.8. The molecule has 0 bridgehead atoms. The molecule has 1 N–H and O–H groups in total. The molecule has 0 spiro atoms. The number of rotatable bonds is 4. The van der Waals surface area contributed by atoms with Crippen molar-refractivity contribution >= 4 is 27.4 Å². The van der Waals surface area contributed by atoms with Crippen LogP contribution in [0, 0.1) is 6.92 Å². The SMILES string of the molecule is Cc1cc2c(N3CCCC3CNC3CC3)ncnc2s1. The highest BCUT2D eigenvalue weighted by atomic mass is 32.1. The van der Waals surface area contributed by atoms with Crippen molar-refractivity contribution in [3.05, 3.63) is 17.3 Å². The van der Waals surface area contributed by atoms with Gasteiger partial charge in [-0.1, -0.05) is 0 Å². The van der Waals surface area contributed by atoms with Crippen molar-refractivity contribution in [3.8, 4) is 0 Å². The molecule has 3 heterocycles. The van der Waals surface area contributed by atoms with Crippen molar-refractivity contribution in [1.82, 2.24) is 15.3 Å². The number of aromatic nitrogens is 2. The highest BCUT2D eigenvalue weighted by Gasteiger charge is 2.29. The maximum absolute atomic E-state index is 4.59. The van der Waals surface area contributed by atoms with Crippen LogP contribution in [0.3, 0.4) is 0 Å². The summed E-state index contributed by atoms with van der Waals surface area (Å²) in [5, 5.41) is 4.90. The molecule has 2 fully saturated rings.